The Kier molecular flexibility index (Phi) is 5.13. The second-order valence-electron chi connectivity index (χ2n) is 4.01. The first kappa shape index (κ1) is 15.1. The zero-order valence-electron chi connectivity index (χ0n) is 9.24. The summed E-state index contributed by atoms with van der Waals surface area (Å²) >= 11 is 6.78. The van der Waals surface area contributed by atoms with E-state index in [1.165, 1.54) is 20.0 Å². The maximum atomic E-state index is 9.80. The highest BCUT2D eigenvalue weighted by molar-refractivity contribution is 9.13. The Balaban J connectivity index is 0.00000144. The molecule has 1 aromatic rings. The molecule has 1 aliphatic rings. The highest BCUT2D eigenvalue weighted by atomic mass is 79.9. The number of aromatic hydroxyl groups is 1. The molecule has 0 heterocycles. The van der Waals surface area contributed by atoms with Crippen LogP contribution in [0.15, 0.2) is 15.0 Å². The first-order chi connectivity index (χ1) is 7.56. The van der Waals surface area contributed by atoms with Crippen molar-refractivity contribution < 1.29 is 9.84 Å². The maximum Gasteiger partial charge on any atom is 0.173 e. The fourth-order valence-corrected chi connectivity index (χ4v) is 2.71. The van der Waals surface area contributed by atoms with E-state index in [1.807, 2.05) is 0 Å². The third-order valence-corrected chi connectivity index (χ3v) is 5.04. The van der Waals surface area contributed by atoms with Crippen molar-refractivity contribution in [1.82, 2.24) is 0 Å². The predicted molar refractivity (Wildman–Crippen MR) is 77.0 cm³/mol. The van der Waals surface area contributed by atoms with E-state index in [-0.39, 0.29) is 24.2 Å². The molecule has 17 heavy (non-hydrogen) atoms. The molecule has 0 aliphatic heterocycles. The minimum atomic E-state index is 0. The van der Waals surface area contributed by atoms with Gasteiger partial charge in [0.05, 0.1) is 11.6 Å². The lowest BCUT2D eigenvalue weighted by molar-refractivity contribution is 0.370. The van der Waals surface area contributed by atoms with Gasteiger partial charge in [-0.05, 0) is 62.2 Å². The molecule has 0 bridgehead atoms. The van der Waals surface area contributed by atoms with Crippen LogP contribution in [0.4, 0.5) is 0 Å². The largest absolute Gasteiger partial charge is 0.503 e. The number of methoxy groups -OCH3 is 1. The summed E-state index contributed by atoms with van der Waals surface area (Å²) in [6, 6.07) is 1.80. The summed E-state index contributed by atoms with van der Waals surface area (Å²) in [5, 5.41) is 9.80. The van der Waals surface area contributed by atoms with Crippen LogP contribution in [0.1, 0.15) is 24.4 Å². The first-order valence-corrected chi connectivity index (χ1v) is 6.65. The van der Waals surface area contributed by atoms with Crippen molar-refractivity contribution in [2.24, 2.45) is 11.7 Å². The van der Waals surface area contributed by atoms with Crippen molar-refractivity contribution in [3.63, 3.8) is 0 Å². The van der Waals surface area contributed by atoms with Crippen molar-refractivity contribution in [2.75, 3.05) is 7.11 Å². The van der Waals surface area contributed by atoms with Gasteiger partial charge in [-0.3, -0.25) is 0 Å². The van der Waals surface area contributed by atoms with Gasteiger partial charge in [-0.25, -0.2) is 0 Å². The lowest BCUT2D eigenvalue weighted by Crippen LogP contribution is -2.13. The molecular formula is C11H14Br2ClNO2. The summed E-state index contributed by atoms with van der Waals surface area (Å²) in [6.45, 7) is 0. The van der Waals surface area contributed by atoms with Gasteiger partial charge in [0.25, 0.3) is 0 Å². The molecule has 2 rings (SSSR count). The third kappa shape index (κ3) is 2.89. The smallest absolute Gasteiger partial charge is 0.173 e. The van der Waals surface area contributed by atoms with Crippen LogP contribution in [0.3, 0.4) is 0 Å². The zero-order valence-corrected chi connectivity index (χ0v) is 13.2. The highest BCUT2D eigenvalue weighted by Crippen LogP contribution is 2.47. The molecule has 0 unspecified atom stereocenters. The number of nitrogens with two attached hydrogens (primary N) is 1. The summed E-state index contributed by atoms with van der Waals surface area (Å²) in [4.78, 5) is 0. The molecule has 0 aromatic heterocycles. The van der Waals surface area contributed by atoms with Crippen LogP contribution < -0.4 is 10.5 Å². The predicted octanol–water partition coefficient (Wildman–Crippen LogP) is 3.76. The van der Waals surface area contributed by atoms with Crippen molar-refractivity contribution in [2.45, 2.75) is 18.9 Å². The number of phenolic OH excluding ortho intramolecular Hbond substituents is 1. The molecule has 0 saturated heterocycles. The molecule has 0 spiro atoms. The Morgan fingerprint density at radius 2 is 2.00 bits per heavy atom. The number of phenols is 1. The fourth-order valence-electron chi connectivity index (χ4n) is 1.72. The van der Waals surface area contributed by atoms with Crippen molar-refractivity contribution >= 4 is 44.3 Å². The molecule has 0 radical (unpaired) electrons. The zero-order chi connectivity index (χ0) is 11.9. The summed E-state index contributed by atoms with van der Waals surface area (Å²) in [7, 11) is 1.53. The molecule has 1 fully saturated rings. The SMILES string of the molecule is COc1cc([C@@H](N)C2CC2)c(Br)c(Br)c1O.Cl. The van der Waals surface area contributed by atoms with Crippen LogP contribution in [0, 0.1) is 5.92 Å². The molecule has 96 valence electrons. The molecule has 1 saturated carbocycles. The minimum absolute atomic E-state index is 0. The Bertz CT molecular complexity index is 424. The Morgan fingerprint density at radius 3 is 2.47 bits per heavy atom. The normalized spacial score (nSPS) is 16.2. The lowest BCUT2D eigenvalue weighted by atomic mass is 10.0. The number of hydrogen-bond acceptors (Lipinski definition) is 3. The van der Waals surface area contributed by atoms with Crippen molar-refractivity contribution in [3.05, 3.63) is 20.6 Å². The van der Waals surface area contributed by atoms with E-state index >= 15 is 0 Å². The molecule has 6 heteroatoms. The van der Waals surface area contributed by atoms with Crippen LogP contribution in [0.5, 0.6) is 11.5 Å². The van der Waals surface area contributed by atoms with E-state index in [0.29, 0.717) is 16.1 Å². The Labute approximate surface area is 123 Å². The van der Waals surface area contributed by atoms with E-state index in [1.54, 1.807) is 6.07 Å². The highest BCUT2D eigenvalue weighted by Gasteiger charge is 2.32. The van der Waals surface area contributed by atoms with Gasteiger partial charge >= 0.3 is 0 Å². The number of halogens is 3. The molecule has 1 atom stereocenters. The second kappa shape index (κ2) is 5.78. The molecule has 1 aromatic carbocycles. The molecule has 0 amide bonds. The average molecular weight is 387 g/mol. The Morgan fingerprint density at radius 1 is 1.41 bits per heavy atom. The van der Waals surface area contributed by atoms with Crippen LogP contribution in [0.25, 0.3) is 0 Å². The minimum Gasteiger partial charge on any atom is -0.503 e. The van der Waals surface area contributed by atoms with Crippen LogP contribution in [-0.4, -0.2) is 12.2 Å². The van der Waals surface area contributed by atoms with Gasteiger partial charge in [-0.1, -0.05) is 0 Å². The fraction of sp³-hybridized carbons (Fsp3) is 0.455. The van der Waals surface area contributed by atoms with Gasteiger partial charge in [-0.15, -0.1) is 12.4 Å². The topological polar surface area (TPSA) is 55.5 Å². The van der Waals surface area contributed by atoms with Crippen LogP contribution in [-0.2, 0) is 0 Å². The number of benzene rings is 1. The van der Waals surface area contributed by atoms with Crippen LogP contribution in [0.2, 0.25) is 0 Å². The van der Waals surface area contributed by atoms with Gasteiger partial charge in [0.2, 0.25) is 0 Å². The number of hydrogen-bond donors (Lipinski definition) is 2. The van der Waals surface area contributed by atoms with E-state index in [2.05, 4.69) is 31.9 Å². The summed E-state index contributed by atoms with van der Waals surface area (Å²) in [5.41, 5.74) is 7.13. The van der Waals surface area contributed by atoms with Gasteiger partial charge in [0.15, 0.2) is 11.5 Å². The van der Waals surface area contributed by atoms with Gasteiger partial charge in [-0.2, -0.15) is 0 Å². The molecule has 3 nitrogen and oxygen atoms in total. The third-order valence-electron chi connectivity index (χ3n) is 2.88. The molecule has 3 N–H and O–H groups in total. The quantitative estimate of drug-likeness (QED) is 0.830. The Hall–Kier alpha value is 0.0300. The average Bonchev–Trinajstić information content (AvgIpc) is 3.09. The monoisotopic (exact) mass is 385 g/mol. The van der Waals surface area contributed by atoms with Crippen molar-refractivity contribution in [1.29, 1.82) is 0 Å². The summed E-state index contributed by atoms with van der Waals surface area (Å²) < 4.78 is 6.52. The number of ether oxygens (including phenoxy) is 1. The maximum absolute atomic E-state index is 9.80. The van der Waals surface area contributed by atoms with E-state index in [9.17, 15) is 5.11 Å². The van der Waals surface area contributed by atoms with Gasteiger partial charge < -0.3 is 15.6 Å². The van der Waals surface area contributed by atoms with E-state index in [4.69, 9.17) is 10.5 Å². The standard InChI is InChI=1S/C11H13Br2NO2.ClH/c1-16-7-4-6(10(14)5-2-3-5)8(12)9(13)11(7)15;/h4-5,10,15H,2-3,14H2,1H3;1H/t10-;/m0./s1. The van der Waals surface area contributed by atoms with Crippen LogP contribution >= 0.6 is 44.3 Å². The molecular weight excluding hydrogens is 373 g/mol. The number of rotatable bonds is 3. The van der Waals surface area contributed by atoms with Crippen molar-refractivity contribution in [3.8, 4) is 11.5 Å². The summed E-state index contributed by atoms with van der Waals surface area (Å²) in [6.07, 6.45) is 2.35. The second-order valence-corrected chi connectivity index (χ2v) is 5.59. The van der Waals surface area contributed by atoms with Gasteiger partial charge in [0.1, 0.15) is 0 Å². The first-order valence-electron chi connectivity index (χ1n) is 5.06. The van der Waals surface area contributed by atoms with Gasteiger partial charge in [0, 0.05) is 10.5 Å². The summed E-state index contributed by atoms with van der Waals surface area (Å²) in [5.74, 6) is 1.10. The molecule has 1 aliphatic carbocycles. The van der Waals surface area contributed by atoms with E-state index in [0.717, 1.165) is 10.0 Å². The van der Waals surface area contributed by atoms with E-state index < -0.39 is 0 Å². The lowest BCUT2D eigenvalue weighted by Gasteiger charge is -2.17.